The fraction of sp³-hybridized carbons (Fsp3) is 0.0588. The molecule has 0 fully saturated rings. The molecule has 3 aromatic rings. The second kappa shape index (κ2) is 5.55. The number of ether oxygens (including phenoxy) is 1. The first-order chi connectivity index (χ1) is 9.72. The van der Waals surface area contributed by atoms with Gasteiger partial charge in [-0.1, -0.05) is 36.4 Å². The highest BCUT2D eigenvalue weighted by Crippen LogP contribution is 2.25. The van der Waals surface area contributed by atoms with Gasteiger partial charge in [-0.25, -0.2) is 0 Å². The summed E-state index contributed by atoms with van der Waals surface area (Å²) >= 11 is 3.37. The zero-order valence-electron chi connectivity index (χ0n) is 10.8. The molecule has 0 bridgehead atoms. The van der Waals surface area contributed by atoms with E-state index in [1.807, 2.05) is 30.3 Å². The Morgan fingerprint density at radius 1 is 0.900 bits per heavy atom. The van der Waals surface area contributed by atoms with E-state index in [1.54, 1.807) is 0 Å². The summed E-state index contributed by atoms with van der Waals surface area (Å²) in [7, 11) is 0. The van der Waals surface area contributed by atoms with Crippen molar-refractivity contribution in [2.75, 3.05) is 5.73 Å². The van der Waals surface area contributed by atoms with Crippen molar-refractivity contribution >= 4 is 32.4 Å². The monoisotopic (exact) mass is 327 g/mol. The van der Waals surface area contributed by atoms with E-state index in [9.17, 15) is 0 Å². The highest BCUT2D eigenvalue weighted by Gasteiger charge is 2.01. The van der Waals surface area contributed by atoms with E-state index in [0.717, 1.165) is 15.8 Å². The first-order valence-corrected chi connectivity index (χ1v) is 7.17. The number of hydrogen-bond acceptors (Lipinski definition) is 2. The lowest BCUT2D eigenvalue weighted by Gasteiger charge is -2.08. The second-order valence-electron chi connectivity index (χ2n) is 4.65. The predicted octanol–water partition coefficient (Wildman–Crippen LogP) is 4.76. The van der Waals surface area contributed by atoms with Gasteiger partial charge in [0.2, 0.25) is 0 Å². The topological polar surface area (TPSA) is 35.2 Å². The van der Waals surface area contributed by atoms with Gasteiger partial charge in [-0.2, -0.15) is 0 Å². The molecule has 3 rings (SSSR count). The van der Waals surface area contributed by atoms with Crippen LogP contribution in [0.15, 0.2) is 65.1 Å². The zero-order valence-corrected chi connectivity index (χ0v) is 12.4. The number of fused-ring (bicyclic) bond motifs is 1. The van der Waals surface area contributed by atoms with Crippen LogP contribution in [0.25, 0.3) is 10.8 Å². The highest BCUT2D eigenvalue weighted by atomic mass is 79.9. The number of nitrogen functional groups attached to an aromatic ring is 1. The molecule has 20 heavy (non-hydrogen) atoms. The summed E-state index contributed by atoms with van der Waals surface area (Å²) in [4.78, 5) is 0. The molecule has 0 heterocycles. The van der Waals surface area contributed by atoms with Gasteiger partial charge in [0.05, 0.1) is 0 Å². The maximum atomic E-state index is 5.84. The van der Waals surface area contributed by atoms with Crippen LogP contribution in [-0.4, -0.2) is 0 Å². The average Bonchev–Trinajstić information content (AvgIpc) is 2.48. The Morgan fingerprint density at radius 2 is 1.70 bits per heavy atom. The predicted molar refractivity (Wildman–Crippen MR) is 86.8 cm³/mol. The van der Waals surface area contributed by atoms with Crippen LogP contribution >= 0.6 is 15.9 Å². The van der Waals surface area contributed by atoms with Crippen LogP contribution in [0.3, 0.4) is 0 Å². The van der Waals surface area contributed by atoms with E-state index in [2.05, 4.69) is 46.3 Å². The Labute approximate surface area is 126 Å². The van der Waals surface area contributed by atoms with Crippen LogP contribution in [0.5, 0.6) is 5.75 Å². The van der Waals surface area contributed by atoms with E-state index in [-0.39, 0.29) is 0 Å². The normalized spacial score (nSPS) is 10.7. The van der Waals surface area contributed by atoms with Gasteiger partial charge in [-0.3, -0.25) is 0 Å². The number of benzene rings is 3. The van der Waals surface area contributed by atoms with Crippen LogP contribution < -0.4 is 10.5 Å². The van der Waals surface area contributed by atoms with Crippen molar-refractivity contribution in [3.8, 4) is 5.75 Å². The summed E-state index contributed by atoms with van der Waals surface area (Å²) in [6.07, 6.45) is 0. The number of anilines is 1. The van der Waals surface area contributed by atoms with Crippen molar-refractivity contribution in [3.05, 3.63) is 70.7 Å². The molecule has 0 amide bonds. The van der Waals surface area contributed by atoms with Crippen molar-refractivity contribution in [2.24, 2.45) is 0 Å². The van der Waals surface area contributed by atoms with Crippen LogP contribution in [-0.2, 0) is 6.61 Å². The van der Waals surface area contributed by atoms with Crippen LogP contribution in [0.2, 0.25) is 0 Å². The molecule has 2 nitrogen and oxygen atoms in total. The first kappa shape index (κ1) is 13.0. The molecule has 0 aliphatic rings. The van der Waals surface area contributed by atoms with Gasteiger partial charge < -0.3 is 10.5 Å². The summed E-state index contributed by atoms with van der Waals surface area (Å²) in [5, 5.41) is 2.47. The molecule has 0 unspecified atom stereocenters. The minimum atomic E-state index is 0.534. The molecule has 2 N–H and O–H groups in total. The number of rotatable bonds is 3. The van der Waals surface area contributed by atoms with Crippen molar-refractivity contribution < 1.29 is 4.74 Å². The second-order valence-corrected chi connectivity index (χ2v) is 5.51. The fourth-order valence-corrected chi connectivity index (χ4v) is 2.35. The molecule has 0 saturated carbocycles. The number of hydrogen-bond donors (Lipinski definition) is 1. The van der Waals surface area contributed by atoms with Gasteiger partial charge >= 0.3 is 0 Å². The molecule has 0 aliphatic carbocycles. The number of halogens is 1. The third kappa shape index (κ3) is 2.78. The molecular weight excluding hydrogens is 314 g/mol. The van der Waals surface area contributed by atoms with Gasteiger partial charge in [0, 0.05) is 16.2 Å². The Morgan fingerprint density at radius 3 is 2.50 bits per heavy atom. The Kier molecular flexibility index (Phi) is 3.61. The highest BCUT2D eigenvalue weighted by molar-refractivity contribution is 9.10. The summed E-state index contributed by atoms with van der Waals surface area (Å²) in [5.41, 5.74) is 7.66. The van der Waals surface area contributed by atoms with Gasteiger partial charge in [0.1, 0.15) is 12.4 Å². The van der Waals surface area contributed by atoms with Crippen molar-refractivity contribution in [1.29, 1.82) is 0 Å². The van der Waals surface area contributed by atoms with E-state index in [0.29, 0.717) is 12.3 Å². The molecular formula is C17H14BrNO. The van der Waals surface area contributed by atoms with Crippen molar-refractivity contribution in [1.82, 2.24) is 0 Å². The van der Waals surface area contributed by atoms with Gasteiger partial charge in [0.15, 0.2) is 0 Å². The largest absolute Gasteiger partial charge is 0.489 e. The molecule has 0 saturated heterocycles. The fourth-order valence-electron chi connectivity index (χ4n) is 2.11. The Balaban J connectivity index is 1.77. The van der Waals surface area contributed by atoms with Crippen LogP contribution in [0.4, 0.5) is 5.69 Å². The SMILES string of the molecule is Nc1cc(OCc2ccc3ccccc3c2)ccc1Br. The summed E-state index contributed by atoms with van der Waals surface area (Å²) in [6, 6.07) is 20.3. The van der Waals surface area contributed by atoms with E-state index in [1.165, 1.54) is 10.8 Å². The quantitative estimate of drug-likeness (QED) is 0.703. The average molecular weight is 328 g/mol. The lowest BCUT2D eigenvalue weighted by Crippen LogP contribution is -1.96. The van der Waals surface area contributed by atoms with E-state index in [4.69, 9.17) is 10.5 Å². The van der Waals surface area contributed by atoms with Gasteiger partial charge in [0.25, 0.3) is 0 Å². The van der Waals surface area contributed by atoms with Crippen LogP contribution in [0.1, 0.15) is 5.56 Å². The van der Waals surface area contributed by atoms with Crippen molar-refractivity contribution in [2.45, 2.75) is 6.61 Å². The maximum Gasteiger partial charge on any atom is 0.121 e. The lowest BCUT2D eigenvalue weighted by atomic mass is 10.1. The summed E-state index contributed by atoms with van der Waals surface area (Å²) in [5.74, 6) is 0.777. The lowest BCUT2D eigenvalue weighted by molar-refractivity contribution is 0.306. The maximum absolute atomic E-state index is 5.84. The molecule has 3 aromatic carbocycles. The van der Waals surface area contributed by atoms with Gasteiger partial charge in [-0.05, 0) is 50.5 Å². The third-order valence-electron chi connectivity index (χ3n) is 3.19. The molecule has 0 aromatic heterocycles. The van der Waals surface area contributed by atoms with Gasteiger partial charge in [-0.15, -0.1) is 0 Å². The van der Waals surface area contributed by atoms with E-state index < -0.39 is 0 Å². The standard InChI is InChI=1S/C17H14BrNO/c18-16-8-7-15(10-17(16)19)20-11-12-5-6-13-3-1-2-4-14(13)9-12/h1-10H,11,19H2. The van der Waals surface area contributed by atoms with Crippen molar-refractivity contribution in [3.63, 3.8) is 0 Å². The molecule has 0 aliphatic heterocycles. The molecule has 0 radical (unpaired) electrons. The Bertz CT molecular complexity index is 755. The number of nitrogens with two attached hydrogens (primary N) is 1. The third-order valence-corrected chi connectivity index (χ3v) is 3.91. The van der Waals surface area contributed by atoms with E-state index >= 15 is 0 Å². The zero-order chi connectivity index (χ0) is 13.9. The molecule has 3 heteroatoms. The van der Waals surface area contributed by atoms with Crippen LogP contribution in [0, 0.1) is 0 Å². The smallest absolute Gasteiger partial charge is 0.121 e. The first-order valence-electron chi connectivity index (χ1n) is 6.38. The Hall–Kier alpha value is -2.00. The minimum absolute atomic E-state index is 0.534. The molecule has 0 spiro atoms. The minimum Gasteiger partial charge on any atom is -0.489 e. The molecule has 0 atom stereocenters. The summed E-state index contributed by atoms with van der Waals surface area (Å²) < 4.78 is 6.66. The molecule has 100 valence electrons. The summed E-state index contributed by atoms with van der Waals surface area (Å²) in [6.45, 7) is 0.534.